The third-order valence-corrected chi connectivity index (χ3v) is 5.79. The summed E-state index contributed by atoms with van der Waals surface area (Å²) in [4.78, 5) is 17.7. The summed E-state index contributed by atoms with van der Waals surface area (Å²) in [6, 6.07) is 18.7. The number of nitrogens with zero attached hydrogens (tertiary/aromatic N) is 2. The normalized spacial score (nSPS) is 10.9. The average Bonchev–Trinajstić information content (AvgIpc) is 2.86. The summed E-state index contributed by atoms with van der Waals surface area (Å²) in [6.45, 7) is 6.95. The molecule has 0 fully saturated rings. The van der Waals surface area contributed by atoms with Gasteiger partial charge in [-0.15, -0.1) is 6.42 Å². The van der Waals surface area contributed by atoms with E-state index >= 15 is 0 Å². The van der Waals surface area contributed by atoms with E-state index < -0.39 is 0 Å². The molecule has 0 aliphatic rings. The van der Waals surface area contributed by atoms with E-state index in [1.54, 1.807) is 28.8 Å². The molecular weight excluding hydrogens is 440 g/mol. The van der Waals surface area contributed by atoms with Gasteiger partial charge in [0.1, 0.15) is 12.4 Å². The number of aromatic nitrogens is 2. The van der Waals surface area contributed by atoms with Crippen LogP contribution in [-0.2, 0) is 6.54 Å². The van der Waals surface area contributed by atoms with Crippen LogP contribution in [-0.4, -0.2) is 27.9 Å². The maximum absolute atomic E-state index is 13.3. The van der Waals surface area contributed by atoms with Gasteiger partial charge in [0.2, 0.25) is 0 Å². The van der Waals surface area contributed by atoms with Crippen molar-refractivity contribution in [1.29, 1.82) is 0 Å². The first-order valence-electron chi connectivity index (χ1n) is 11.6. The lowest BCUT2D eigenvalue weighted by molar-refractivity contribution is 0.317. The van der Waals surface area contributed by atoms with Crippen LogP contribution in [0.4, 0.5) is 0 Å². The second kappa shape index (κ2) is 10.4. The van der Waals surface area contributed by atoms with Crippen molar-refractivity contribution < 1.29 is 14.6 Å². The number of rotatable bonds is 8. The van der Waals surface area contributed by atoms with Crippen LogP contribution in [0.5, 0.6) is 17.2 Å². The van der Waals surface area contributed by atoms with Gasteiger partial charge in [0.15, 0.2) is 11.5 Å². The third-order valence-electron chi connectivity index (χ3n) is 5.79. The fraction of sp³-hybridized carbons (Fsp3) is 0.241. The summed E-state index contributed by atoms with van der Waals surface area (Å²) in [7, 11) is 0. The summed E-state index contributed by atoms with van der Waals surface area (Å²) < 4.78 is 12.8. The minimum Gasteiger partial charge on any atom is -0.504 e. The molecule has 1 aromatic heterocycles. The smallest absolute Gasteiger partial charge is 0.348 e. The average molecular weight is 469 g/mol. The predicted molar refractivity (Wildman–Crippen MR) is 138 cm³/mol. The Morgan fingerprint density at radius 1 is 1.06 bits per heavy atom. The predicted octanol–water partition coefficient (Wildman–Crippen LogP) is 5.35. The van der Waals surface area contributed by atoms with Crippen molar-refractivity contribution in [2.75, 3.05) is 13.2 Å². The number of fused-ring (bicyclic) bond motifs is 1. The highest BCUT2D eigenvalue weighted by Gasteiger charge is 2.15. The van der Waals surface area contributed by atoms with Gasteiger partial charge in [-0.2, -0.15) is 4.98 Å². The number of hydrogen-bond acceptors (Lipinski definition) is 5. The van der Waals surface area contributed by atoms with Crippen LogP contribution in [0.2, 0.25) is 0 Å². The summed E-state index contributed by atoms with van der Waals surface area (Å²) >= 11 is 0. The number of phenolic OH excluding ortho intramolecular Hbond substituents is 1. The fourth-order valence-corrected chi connectivity index (χ4v) is 3.98. The molecule has 4 rings (SSSR count). The van der Waals surface area contributed by atoms with Gasteiger partial charge in [-0.05, 0) is 54.3 Å². The largest absolute Gasteiger partial charge is 0.504 e. The first kappa shape index (κ1) is 23.9. The Morgan fingerprint density at radius 2 is 1.83 bits per heavy atom. The molecule has 4 aromatic rings. The number of terminal acetylenes is 1. The minimum atomic E-state index is -0.372. The molecule has 0 saturated carbocycles. The molecule has 1 heterocycles. The Kier molecular flexibility index (Phi) is 7.07. The van der Waals surface area contributed by atoms with Crippen molar-refractivity contribution in [1.82, 2.24) is 9.55 Å². The number of phenols is 1. The Labute approximate surface area is 204 Å². The van der Waals surface area contributed by atoms with Crippen LogP contribution in [0.25, 0.3) is 22.2 Å². The number of aromatic hydroxyl groups is 1. The highest BCUT2D eigenvalue weighted by atomic mass is 16.5. The first-order valence-corrected chi connectivity index (χ1v) is 11.6. The van der Waals surface area contributed by atoms with Crippen molar-refractivity contribution in [3.05, 3.63) is 82.3 Å². The zero-order valence-electron chi connectivity index (χ0n) is 20.1. The van der Waals surface area contributed by atoms with Crippen LogP contribution in [0.3, 0.4) is 0 Å². The molecule has 178 valence electrons. The molecular formula is C29H28N2O4. The van der Waals surface area contributed by atoms with Crippen LogP contribution in [0.1, 0.15) is 37.8 Å². The van der Waals surface area contributed by atoms with Gasteiger partial charge in [-0.25, -0.2) is 4.79 Å². The van der Waals surface area contributed by atoms with Crippen molar-refractivity contribution >= 4 is 10.9 Å². The zero-order chi connectivity index (χ0) is 24.9. The van der Waals surface area contributed by atoms with Gasteiger partial charge in [-0.1, -0.05) is 50.1 Å². The van der Waals surface area contributed by atoms with Gasteiger partial charge in [-0.3, -0.25) is 4.57 Å². The second-order valence-electron chi connectivity index (χ2n) is 8.51. The minimum absolute atomic E-state index is 0.0569. The molecule has 0 aliphatic heterocycles. The van der Waals surface area contributed by atoms with E-state index in [1.165, 1.54) is 5.56 Å². The highest BCUT2D eigenvalue weighted by Crippen LogP contribution is 2.31. The fourth-order valence-electron chi connectivity index (χ4n) is 3.98. The summed E-state index contributed by atoms with van der Waals surface area (Å²) in [5, 5.41) is 10.8. The molecule has 0 bridgehead atoms. The van der Waals surface area contributed by atoms with Crippen molar-refractivity contribution in [3.8, 4) is 40.8 Å². The van der Waals surface area contributed by atoms with E-state index in [9.17, 15) is 9.90 Å². The molecule has 0 radical (unpaired) electrons. The molecule has 0 spiro atoms. The maximum Gasteiger partial charge on any atom is 0.348 e. The zero-order valence-corrected chi connectivity index (χ0v) is 20.1. The molecule has 0 unspecified atom stereocenters. The number of benzene rings is 3. The standard InChI is InChI=1S/C29H28N2O4/c1-5-15-35-23-12-13-25-24(17-23)28(22-10-8-21(9-11-22)19(3)4)30-29(33)31(25)18-20-7-14-26(32)27(16-20)34-6-2/h1,7-14,16-17,19,32H,6,15,18H2,2-4H3. The lowest BCUT2D eigenvalue weighted by Crippen LogP contribution is -2.24. The van der Waals surface area contributed by atoms with Gasteiger partial charge < -0.3 is 14.6 Å². The molecule has 6 heteroatoms. The van der Waals surface area contributed by atoms with Gasteiger partial charge in [0, 0.05) is 10.9 Å². The monoisotopic (exact) mass is 468 g/mol. The van der Waals surface area contributed by atoms with E-state index in [2.05, 4.69) is 36.9 Å². The molecule has 0 saturated heterocycles. The van der Waals surface area contributed by atoms with Crippen molar-refractivity contribution in [2.45, 2.75) is 33.2 Å². The van der Waals surface area contributed by atoms with Crippen molar-refractivity contribution in [2.24, 2.45) is 0 Å². The van der Waals surface area contributed by atoms with Crippen LogP contribution < -0.4 is 15.2 Å². The molecule has 1 N–H and O–H groups in total. The molecule has 0 atom stereocenters. The first-order chi connectivity index (χ1) is 16.9. The summed E-state index contributed by atoms with van der Waals surface area (Å²) in [6.07, 6.45) is 5.36. The Hall–Kier alpha value is -4.24. The SMILES string of the molecule is C#CCOc1ccc2c(c1)c(-c1ccc(C(C)C)cc1)nc(=O)n2Cc1ccc(O)c(OCC)c1. The topological polar surface area (TPSA) is 73.6 Å². The van der Waals surface area contributed by atoms with E-state index in [-0.39, 0.29) is 24.6 Å². The van der Waals surface area contributed by atoms with Crippen LogP contribution in [0, 0.1) is 12.3 Å². The van der Waals surface area contributed by atoms with Crippen LogP contribution >= 0.6 is 0 Å². The van der Waals surface area contributed by atoms with Gasteiger partial charge in [0.25, 0.3) is 0 Å². The highest BCUT2D eigenvalue weighted by molar-refractivity contribution is 5.93. The molecule has 0 aliphatic carbocycles. The Bertz CT molecular complexity index is 1450. The van der Waals surface area contributed by atoms with E-state index in [1.807, 2.05) is 31.2 Å². The van der Waals surface area contributed by atoms with Crippen molar-refractivity contribution in [3.63, 3.8) is 0 Å². The lowest BCUT2D eigenvalue weighted by Gasteiger charge is -2.15. The van der Waals surface area contributed by atoms with E-state index in [4.69, 9.17) is 15.9 Å². The van der Waals surface area contributed by atoms with E-state index in [0.717, 1.165) is 16.5 Å². The summed E-state index contributed by atoms with van der Waals surface area (Å²) in [5.74, 6) is 3.91. The Morgan fingerprint density at radius 3 is 2.51 bits per heavy atom. The number of ether oxygens (including phenoxy) is 2. The van der Waals surface area contributed by atoms with Gasteiger partial charge >= 0.3 is 5.69 Å². The number of hydrogen-bond donors (Lipinski definition) is 1. The maximum atomic E-state index is 13.3. The molecule has 0 amide bonds. The van der Waals surface area contributed by atoms with E-state index in [0.29, 0.717) is 35.2 Å². The quantitative estimate of drug-likeness (QED) is 0.353. The third kappa shape index (κ3) is 5.15. The second-order valence-corrected chi connectivity index (χ2v) is 8.51. The van der Waals surface area contributed by atoms with Gasteiger partial charge in [0.05, 0.1) is 24.4 Å². The lowest BCUT2D eigenvalue weighted by atomic mass is 9.99. The molecule has 35 heavy (non-hydrogen) atoms. The molecule has 3 aromatic carbocycles. The summed E-state index contributed by atoms with van der Waals surface area (Å²) in [5.41, 5.74) is 3.79. The Balaban J connectivity index is 1.86. The van der Waals surface area contributed by atoms with Crippen LogP contribution in [0.15, 0.2) is 65.5 Å². The molecule has 6 nitrogen and oxygen atoms in total.